The molecule has 1 N–H and O–H groups in total. The smallest absolute Gasteiger partial charge is 0.311 e. The third kappa shape index (κ3) is 3.32. The van der Waals surface area contributed by atoms with Gasteiger partial charge in [-0.25, -0.2) is 0 Å². The maximum absolute atomic E-state index is 12.1. The number of amides is 1. The van der Waals surface area contributed by atoms with Crippen molar-refractivity contribution in [1.82, 2.24) is 4.90 Å². The first kappa shape index (κ1) is 16.1. The molecule has 1 unspecified atom stereocenters. The van der Waals surface area contributed by atoms with Crippen LogP contribution >= 0.6 is 0 Å². The lowest BCUT2D eigenvalue weighted by atomic mass is 9.90. The van der Waals surface area contributed by atoms with Gasteiger partial charge in [0.2, 0.25) is 0 Å². The maximum Gasteiger partial charge on any atom is 0.311 e. The van der Waals surface area contributed by atoms with Gasteiger partial charge < -0.3 is 19.5 Å². The molecule has 0 aromatic heterocycles. The van der Waals surface area contributed by atoms with Gasteiger partial charge in [-0.2, -0.15) is 0 Å². The van der Waals surface area contributed by atoms with Crippen LogP contribution in [0.3, 0.4) is 0 Å². The van der Waals surface area contributed by atoms with Crippen molar-refractivity contribution in [2.45, 2.75) is 20.3 Å². The first-order valence-electron chi connectivity index (χ1n) is 7.14. The van der Waals surface area contributed by atoms with Crippen LogP contribution in [0.15, 0.2) is 18.2 Å². The summed E-state index contributed by atoms with van der Waals surface area (Å²) in [5.41, 5.74) is 0.0684. The van der Waals surface area contributed by atoms with Crippen LogP contribution < -0.4 is 9.47 Å². The minimum absolute atomic E-state index is 0.0958. The number of likely N-dealkylation sites (tertiary alicyclic amines) is 1. The lowest BCUT2D eigenvalue weighted by molar-refractivity contribution is -0.147. The van der Waals surface area contributed by atoms with Gasteiger partial charge in [-0.1, -0.05) is 0 Å². The summed E-state index contributed by atoms with van der Waals surface area (Å²) >= 11 is 0. The van der Waals surface area contributed by atoms with Crippen molar-refractivity contribution in [1.29, 1.82) is 0 Å². The molecule has 2 rings (SSSR count). The van der Waals surface area contributed by atoms with Gasteiger partial charge in [-0.3, -0.25) is 9.59 Å². The summed E-state index contributed by atoms with van der Waals surface area (Å²) in [6.45, 7) is 4.14. The molecule has 6 nitrogen and oxygen atoms in total. The molecule has 6 heteroatoms. The molecular weight excluding hydrogens is 286 g/mol. The van der Waals surface area contributed by atoms with E-state index in [0.29, 0.717) is 18.7 Å². The molecule has 1 atom stereocenters. The van der Waals surface area contributed by atoms with Crippen molar-refractivity contribution in [2.24, 2.45) is 5.41 Å². The Kier molecular flexibility index (Phi) is 4.59. The zero-order chi connectivity index (χ0) is 16.3. The van der Waals surface area contributed by atoms with Crippen LogP contribution in [0.5, 0.6) is 11.5 Å². The molecule has 1 fully saturated rings. The lowest BCUT2D eigenvalue weighted by Crippen LogP contribution is -2.37. The van der Waals surface area contributed by atoms with E-state index in [1.807, 2.05) is 6.92 Å². The van der Waals surface area contributed by atoms with E-state index in [9.17, 15) is 14.7 Å². The molecule has 1 aliphatic rings. The Morgan fingerprint density at radius 2 is 2.14 bits per heavy atom. The van der Waals surface area contributed by atoms with Gasteiger partial charge in [0.25, 0.3) is 5.91 Å². The molecule has 1 saturated heterocycles. The van der Waals surface area contributed by atoms with Crippen molar-refractivity contribution in [3.05, 3.63) is 23.8 Å². The van der Waals surface area contributed by atoms with Gasteiger partial charge in [0.05, 0.1) is 12.5 Å². The Morgan fingerprint density at radius 1 is 1.41 bits per heavy atom. The van der Waals surface area contributed by atoms with Crippen LogP contribution in [-0.2, 0) is 9.59 Å². The first-order chi connectivity index (χ1) is 10.4. The highest BCUT2D eigenvalue weighted by Crippen LogP contribution is 2.30. The molecule has 1 aromatic carbocycles. The lowest BCUT2D eigenvalue weighted by Gasteiger charge is -2.20. The number of hydrogen-bond donors (Lipinski definition) is 1. The largest absolute Gasteiger partial charge is 0.496 e. The van der Waals surface area contributed by atoms with Gasteiger partial charge in [-0.05, 0) is 44.0 Å². The Bertz CT molecular complexity index is 586. The van der Waals surface area contributed by atoms with Crippen LogP contribution in [0.4, 0.5) is 0 Å². The predicted molar refractivity (Wildman–Crippen MR) is 80.2 cm³/mol. The van der Waals surface area contributed by atoms with E-state index in [1.54, 1.807) is 37.1 Å². The number of hydrogen-bond acceptors (Lipinski definition) is 4. The van der Waals surface area contributed by atoms with E-state index >= 15 is 0 Å². The first-order valence-corrected chi connectivity index (χ1v) is 7.14. The molecule has 0 radical (unpaired) electrons. The monoisotopic (exact) mass is 307 g/mol. The third-order valence-electron chi connectivity index (χ3n) is 4.07. The molecule has 0 spiro atoms. The zero-order valence-corrected chi connectivity index (χ0v) is 13.1. The van der Waals surface area contributed by atoms with Gasteiger partial charge in [0.1, 0.15) is 11.5 Å². The number of aryl methyl sites for hydroxylation is 1. The number of carbonyl (C=O) groups is 2. The Morgan fingerprint density at radius 3 is 2.68 bits per heavy atom. The van der Waals surface area contributed by atoms with Gasteiger partial charge in [0, 0.05) is 13.1 Å². The van der Waals surface area contributed by atoms with Crippen molar-refractivity contribution < 1.29 is 24.2 Å². The molecule has 1 aliphatic heterocycles. The Labute approximate surface area is 129 Å². The van der Waals surface area contributed by atoms with Gasteiger partial charge >= 0.3 is 5.97 Å². The molecule has 1 heterocycles. The summed E-state index contributed by atoms with van der Waals surface area (Å²) in [4.78, 5) is 24.9. The summed E-state index contributed by atoms with van der Waals surface area (Å²) in [5, 5.41) is 9.18. The zero-order valence-electron chi connectivity index (χ0n) is 13.1. The number of carboxylic acid groups (broad SMARTS) is 1. The second-order valence-corrected chi connectivity index (χ2v) is 5.85. The average Bonchev–Trinajstić information content (AvgIpc) is 2.89. The highest BCUT2D eigenvalue weighted by molar-refractivity contribution is 5.81. The van der Waals surface area contributed by atoms with Crippen LogP contribution in [0.2, 0.25) is 0 Å². The molecule has 120 valence electrons. The van der Waals surface area contributed by atoms with E-state index in [2.05, 4.69) is 0 Å². The number of nitrogens with zero attached hydrogens (tertiary/aromatic N) is 1. The van der Waals surface area contributed by atoms with Gasteiger partial charge in [-0.15, -0.1) is 0 Å². The number of rotatable bonds is 5. The van der Waals surface area contributed by atoms with E-state index in [4.69, 9.17) is 9.47 Å². The number of aliphatic carboxylic acids is 1. The fourth-order valence-corrected chi connectivity index (χ4v) is 2.53. The second-order valence-electron chi connectivity index (χ2n) is 5.85. The SMILES string of the molecule is COc1ccc(OCC(=O)N2CCC(C)(C(=O)O)C2)cc1C. The number of ether oxygens (including phenoxy) is 2. The topological polar surface area (TPSA) is 76.1 Å². The normalized spacial score (nSPS) is 20.8. The number of carboxylic acids is 1. The molecule has 0 bridgehead atoms. The van der Waals surface area contributed by atoms with Crippen LogP contribution in [0.25, 0.3) is 0 Å². The Balaban J connectivity index is 1.91. The number of methoxy groups -OCH3 is 1. The predicted octanol–water partition coefficient (Wildman–Crippen LogP) is 1.71. The highest BCUT2D eigenvalue weighted by atomic mass is 16.5. The summed E-state index contributed by atoms with van der Waals surface area (Å²) in [7, 11) is 1.60. The molecule has 0 aliphatic carbocycles. The van der Waals surface area contributed by atoms with Crippen molar-refractivity contribution in [3.63, 3.8) is 0 Å². The number of benzene rings is 1. The quantitative estimate of drug-likeness (QED) is 0.896. The summed E-state index contributed by atoms with van der Waals surface area (Å²) in [5.74, 6) is 0.287. The van der Waals surface area contributed by atoms with E-state index in [0.717, 1.165) is 11.3 Å². The number of carbonyl (C=O) groups excluding carboxylic acids is 1. The van der Waals surface area contributed by atoms with Crippen LogP contribution in [0, 0.1) is 12.3 Å². The average molecular weight is 307 g/mol. The minimum atomic E-state index is -0.866. The molecule has 1 aromatic rings. The van der Waals surface area contributed by atoms with Crippen molar-refractivity contribution in [3.8, 4) is 11.5 Å². The minimum Gasteiger partial charge on any atom is -0.496 e. The molecule has 22 heavy (non-hydrogen) atoms. The van der Waals surface area contributed by atoms with E-state index in [1.165, 1.54) is 0 Å². The Hall–Kier alpha value is -2.24. The van der Waals surface area contributed by atoms with Crippen molar-refractivity contribution in [2.75, 3.05) is 26.8 Å². The highest BCUT2D eigenvalue weighted by Gasteiger charge is 2.42. The fraction of sp³-hybridized carbons (Fsp3) is 0.500. The summed E-state index contributed by atoms with van der Waals surface area (Å²) in [6.07, 6.45) is 0.468. The fourth-order valence-electron chi connectivity index (χ4n) is 2.53. The molecule has 1 amide bonds. The van der Waals surface area contributed by atoms with E-state index < -0.39 is 11.4 Å². The van der Waals surface area contributed by atoms with Gasteiger partial charge in [0.15, 0.2) is 6.61 Å². The third-order valence-corrected chi connectivity index (χ3v) is 4.07. The van der Waals surface area contributed by atoms with Crippen LogP contribution in [0.1, 0.15) is 18.9 Å². The van der Waals surface area contributed by atoms with E-state index in [-0.39, 0.29) is 19.1 Å². The summed E-state index contributed by atoms with van der Waals surface area (Å²) < 4.78 is 10.7. The van der Waals surface area contributed by atoms with Crippen LogP contribution in [-0.4, -0.2) is 48.7 Å². The standard InChI is InChI=1S/C16H21NO5/c1-11-8-12(4-5-13(11)21-3)22-9-14(18)17-7-6-16(2,10-17)15(19)20/h4-5,8H,6-7,9-10H2,1-3H3,(H,19,20). The van der Waals surface area contributed by atoms with Crippen molar-refractivity contribution >= 4 is 11.9 Å². The summed E-state index contributed by atoms with van der Waals surface area (Å²) in [6, 6.07) is 5.33. The molecular formula is C16H21NO5. The molecule has 0 saturated carbocycles. The second kappa shape index (κ2) is 6.25. The maximum atomic E-state index is 12.1.